The van der Waals surface area contributed by atoms with E-state index in [1.807, 2.05) is 0 Å². The number of carbonyl (C=O) groups is 4. The fourth-order valence-corrected chi connectivity index (χ4v) is 5.37. The predicted octanol–water partition coefficient (Wildman–Crippen LogP) is 1.86. The van der Waals surface area contributed by atoms with Gasteiger partial charge in [0.1, 0.15) is 0 Å². The Labute approximate surface area is 162 Å². The van der Waals surface area contributed by atoms with Crippen molar-refractivity contribution in [1.29, 1.82) is 0 Å². The van der Waals surface area contributed by atoms with Gasteiger partial charge in [0.25, 0.3) is 0 Å². The molecule has 0 N–H and O–H groups in total. The molecule has 1 saturated heterocycles. The van der Waals surface area contributed by atoms with Crippen LogP contribution in [0.5, 0.6) is 0 Å². The van der Waals surface area contributed by atoms with Crippen LogP contribution in [0, 0.1) is 35.5 Å². The molecule has 3 fully saturated rings. The van der Waals surface area contributed by atoms with Crippen LogP contribution in [0.2, 0.25) is 0 Å². The number of Topliss-reactive ketones (excluding diaryl/α,β-unsaturated/α-hetero) is 1. The van der Waals surface area contributed by atoms with Gasteiger partial charge in [-0.25, -0.2) is 0 Å². The maximum atomic E-state index is 12.8. The number of rotatable bonds is 6. The fourth-order valence-electron chi connectivity index (χ4n) is 5.37. The average molecular weight is 379 g/mol. The van der Waals surface area contributed by atoms with Crippen LogP contribution in [-0.4, -0.2) is 41.6 Å². The molecular formula is C22H21NO5. The van der Waals surface area contributed by atoms with Crippen LogP contribution in [0.4, 0.5) is 0 Å². The second-order valence-electron chi connectivity index (χ2n) is 8.18. The van der Waals surface area contributed by atoms with Gasteiger partial charge in [0, 0.05) is 12.1 Å². The number of hydrogen-bond donors (Lipinski definition) is 0. The summed E-state index contributed by atoms with van der Waals surface area (Å²) in [5.74, 6) is -0.180. The Balaban J connectivity index is 1.16. The minimum atomic E-state index is -0.580. The molecule has 6 heteroatoms. The number of amides is 2. The second-order valence-corrected chi connectivity index (χ2v) is 8.18. The van der Waals surface area contributed by atoms with E-state index in [1.54, 1.807) is 30.3 Å². The van der Waals surface area contributed by atoms with Crippen molar-refractivity contribution in [3.63, 3.8) is 0 Å². The first kappa shape index (κ1) is 17.3. The van der Waals surface area contributed by atoms with E-state index in [2.05, 4.69) is 12.2 Å². The lowest BCUT2D eigenvalue weighted by molar-refractivity contribution is -0.145. The van der Waals surface area contributed by atoms with E-state index >= 15 is 0 Å². The molecule has 2 saturated carbocycles. The van der Waals surface area contributed by atoms with Gasteiger partial charge < -0.3 is 4.74 Å². The van der Waals surface area contributed by atoms with E-state index in [9.17, 15) is 19.2 Å². The van der Waals surface area contributed by atoms with Crippen molar-refractivity contribution >= 4 is 23.6 Å². The topological polar surface area (TPSA) is 80.8 Å². The van der Waals surface area contributed by atoms with Gasteiger partial charge in [0.2, 0.25) is 11.8 Å². The minimum absolute atomic E-state index is 0.0256. The molecule has 1 aromatic carbocycles. The molecule has 144 valence electrons. The number of imide groups is 1. The summed E-state index contributed by atoms with van der Waals surface area (Å²) in [5.41, 5.74) is 0.478. The van der Waals surface area contributed by atoms with E-state index < -0.39 is 5.97 Å². The van der Waals surface area contributed by atoms with Crippen molar-refractivity contribution in [2.75, 3.05) is 13.2 Å². The summed E-state index contributed by atoms with van der Waals surface area (Å²) in [6.45, 7) is -0.314. The minimum Gasteiger partial charge on any atom is -0.457 e. The average Bonchev–Trinajstić information content (AvgIpc) is 3.50. The number of esters is 1. The highest BCUT2D eigenvalue weighted by atomic mass is 16.5. The van der Waals surface area contributed by atoms with E-state index in [1.165, 1.54) is 4.90 Å². The van der Waals surface area contributed by atoms with Gasteiger partial charge in [0.15, 0.2) is 12.4 Å². The van der Waals surface area contributed by atoms with Gasteiger partial charge in [-0.15, -0.1) is 0 Å². The number of likely N-dealkylation sites (tertiary alicyclic amines) is 1. The molecule has 0 aromatic heterocycles. The van der Waals surface area contributed by atoms with Crippen LogP contribution in [0.15, 0.2) is 42.5 Å². The van der Waals surface area contributed by atoms with Gasteiger partial charge in [-0.3, -0.25) is 24.1 Å². The predicted molar refractivity (Wildman–Crippen MR) is 97.8 cm³/mol. The molecule has 1 aromatic rings. The Morgan fingerprint density at radius 2 is 1.57 bits per heavy atom. The molecule has 6 rings (SSSR count). The molecule has 28 heavy (non-hydrogen) atoms. The first-order valence-electron chi connectivity index (χ1n) is 9.83. The fraction of sp³-hybridized carbons (Fsp3) is 0.455. The first-order valence-corrected chi connectivity index (χ1v) is 9.83. The molecule has 6 nitrogen and oxygen atoms in total. The number of hydrogen-bond acceptors (Lipinski definition) is 5. The summed E-state index contributed by atoms with van der Waals surface area (Å²) in [6, 6.07) is 8.60. The maximum absolute atomic E-state index is 12.8. The summed E-state index contributed by atoms with van der Waals surface area (Å²) in [7, 11) is 0. The zero-order valence-corrected chi connectivity index (χ0v) is 15.3. The molecule has 0 radical (unpaired) electrons. The Bertz CT molecular complexity index is 855. The standard InChI is InChI=1S/C22H21NO5/c24-17(12-4-2-1-3-5-12)11-28-18(25)8-9-23-21(26)19-13-6-7-14(16-10-15(13)16)20(19)22(23)27/h1-7,13-16,19-20H,8-11H2/t13-,14-,15-,16+,19+,20-/m1/s1. The molecule has 2 amide bonds. The number of ketones is 1. The van der Waals surface area contributed by atoms with Crippen LogP contribution >= 0.6 is 0 Å². The van der Waals surface area contributed by atoms with Crippen molar-refractivity contribution in [3.05, 3.63) is 48.0 Å². The van der Waals surface area contributed by atoms with Crippen molar-refractivity contribution < 1.29 is 23.9 Å². The monoisotopic (exact) mass is 379 g/mol. The van der Waals surface area contributed by atoms with Crippen molar-refractivity contribution in [2.24, 2.45) is 35.5 Å². The molecule has 4 aliphatic carbocycles. The van der Waals surface area contributed by atoms with E-state index in [0.29, 0.717) is 17.4 Å². The van der Waals surface area contributed by atoms with Gasteiger partial charge >= 0.3 is 5.97 Å². The Morgan fingerprint density at radius 1 is 0.964 bits per heavy atom. The molecule has 6 atom stereocenters. The van der Waals surface area contributed by atoms with Crippen molar-refractivity contribution in [1.82, 2.24) is 4.90 Å². The molecule has 1 aliphatic heterocycles. The highest BCUT2D eigenvalue weighted by molar-refractivity contribution is 6.06. The van der Waals surface area contributed by atoms with Crippen molar-refractivity contribution in [3.8, 4) is 0 Å². The van der Waals surface area contributed by atoms with E-state index in [0.717, 1.165) is 6.42 Å². The van der Waals surface area contributed by atoms with Crippen LogP contribution < -0.4 is 0 Å². The molecule has 0 unspecified atom stereocenters. The normalized spacial score (nSPS) is 34.2. The highest BCUT2D eigenvalue weighted by Crippen LogP contribution is 2.65. The highest BCUT2D eigenvalue weighted by Gasteiger charge is 2.66. The quantitative estimate of drug-likeness (QED) is 0.326. The molecule has 0 spiro atoms. The number of carbonyl (C=O) groups excluding carboxylic acids is 4. The van der Waals surface area contributed by atoms with Gasteiger partial charge in [-0.1, -0.05) is 42.5 Å². The SMILES string of the molecule is O=C(CCN1C(=O)[C@@H]2[C@@H]3C=C[C@H]([C@H]4C[C@@H]34)[C@@H]2C1=O)OCC(=O)c1ccccc1. The summed E-state index contributed by atoms with van der Waals surface area (Å²) < 4.78 is 5.04. The lowest BCUT2D eigenvalue weighted by Crippen LogP contribution is -2.40. The molecular weight excluding hydrogens is 358 g/mol. The first-order chi connectivity index (χ1) is 13.6. The van der Waals surface area contributed by atoms with Crippen LogP contribution in [-0.2, 0) is 19.1 Å². The van der Waals surface area contributed by atoms with E-state index in [-0.39, 0.29) is 60.8 Å². The largest absolute Gasteiger partial charge is 0.457 e. The molecule has 2 bridgehead atoms. The molecule has 5 aliphatic rings. The third-order valence-corrected chi connectivity index (χ3v) is 6.75. The Morgan fingerprint density at radius 3 is 2.18 bits per heavy atom. The summed E-state index contributed by atoms with van der Waals surface area (Å²) in [6.07, 6.45) is 5.28. The number of allylic oxidation sites excluding steroid dienone is 2. The van der Waals surface area contributed by atoms with Gasteiger partial charge in [0.05, 0.1) is 18.3 Å². The summed E-state index contributed by atoms with van der Waals surface area (Å²) in [5, 5.41) is 0. The van der Waals surface area contributed by atoms with Gasteiger partial charge in [-0.05, 0) is 30.1 Å². The van der Waals surface area contributed by atoms with E-state index in [4.69, 9.17) is 4.74 Å². The Kier molecular flexibility index (Phi) is 3.96. The zero-order chi connectivity index (χ0) is 19.4. The molecule has 1 heterocycles. The van der Waals surface area contributed by atoms with Crippen molar-refractivity contribution in [2.45, 2.75) is 12.8 Å². The maximum Gasteiger partial charge on any atom is 0.308 e. The Hall–Kier alpha value is -2.76. The lowest BCUT2D eigenvalue weighted by atomic mass is 9.63. The van der Waals surface area contributed by atoms with Crippen LogP contribution in [0.3, 0.4) is 0 Å². The van der Waals surface area contributed by atoms with Crippen LogP contribution in [0.1, 0.15) is 23.2 Å². The summed E-state index contributed by atoms with van der Waals surface area (Å²) >= 11 is 0. The number of nitrogens with zero attached hydrogens (tertiary/aromatic N) is 1. The zero-order valence-electron chi connectivity index (χ0n) is 15.3. The lowest BCUT2D eigenvalue weighted by Gasteiger charge is -2.37. The number of ether oxygens (including phenoxy) is 1. The summed E-state index contributed by atoms with van der Waals surface area (Å²) in [4.78, 5) is 50.9. The second kappa shape index (κ2) is 6.40. The van der Waals surface area contributed by atoms with Crippen LogP contribution in [0.25, 0.3) is 0 Å². The number of benzene rings is 1. The van der Waals surface area contributed by atoms with Gasteiger partial charge in [-0.2, -0.15) is 0 Å². The third-order valence-electron chi connectivity index (χ3n) is 6.75. The smallest absolute Gasteiger partial charge is 0.308 e. The third kappa shape index (κ3) is 2.62.